The summed E-state index contributed by atoms with van der Waals surface area (Å²) in [5, 5.41) is 2.74. The standard InChI is InChI=1S/C22H30IN2O6S/c1-4-29-10-11-30-12-13-31-21(28)23-20-22(2,3)32-19-17(18(27)25(19)20)24-16(26)14-15-8-6-5-7-9-15/h5-9,17,19-20H,4,10-14H2,1-3H3,(H,24,26)/q-1/t17-,19?,20?/m1/s1. The molecule has 32 heavy (non-hydrogen) atoms. The van der Waals surface area contributed by atoms with Crippen LogP contribution in [-0.4, -0.2) is 73.9 Å². The van der Waals surface area contributed by atoms with Crippen LogP contribution in [0.2, 0.25) is 0 Å². The van der Waals surface area contributed by atoms with Crippen molar-refractivity contribution < 1.29 is 49.8 Å². The molecular formula is C22H30IN2O6S-. The van der Waals surface area contributed by atoms with Gasteiger partial charge in [0.15, 0.2) is 0 Å². The van der Waals surface area contributed by atoms with E-state index in [-0.39, 0.29) is 43.0 Å². The normalized spacial score (nSPS) is 23.5. The Bertz CT molecular complexity index is 809. The van der Waals surface area contributed by atoms with Gasteiger partial charge in [-0.2, -0.15) is 0 Å². The first-order valence-corrected chi connectivity index (χ1v) is 13.8. The molecule has 178 valence electrons. The Morgan fingerprint density at radius 3 is 2.53 bits per heavy atom. The van der Waals surface area contributed by atoms with Gasteiger partial charge in [-0.15, -0.1) is 0 Å². The Hall–Kier alpha value is -1.37. The van der Waals surface area contributed by atoms with Crippen LogP contribution in [0.25, 0.3) is 0 Å². The summed E-state index contributed by atoms with van der Waals surface area (Å²) in [6.07, 6.45) is 0.237. The second kappa shape index (κ2) is 11.7. The minimum atomic E-state index is -1.06. The Labute approximate surface area is 203 Å². The predicted molar refractivity (Wildman–Crippen MR) is 117 cm³/mol. The van der Waals surface area contributed by atoms with Crippen molar-refractivity contribution in [1.82, 2.24) is 10.2 Å². The number of ether oxygens (including phenoxy) is 3. The molecule has 0 radical (unpaired) electrons. The summed E-state index contributed by atoms with van der Waals surface area (Å²) in [5.74, 6) is -0.291. The van der Waals surface area contributed by atoms with Gasteiger partial charge in [-0.1, -0.05) is 0 Å². The number of β-lactam (4-membered cyclic amide) rings is 1. The number of halogens is 1. The van der Waals surface area contributed by atoms with E-state index in [1.807, 2.05) is 51.1 Å². The molecule has 2 unspecified atom stereocenters. The Morgan fingerprint density at radius 2 is 1.81 bits per heavy atom. The number of alkyl halides is 1. The van der Waals surface area contributed by atoms with Crippen LogP contribution in [0.1, 0.15) is 26.3 Å². The minimum absolute atomic E-state index is 0.119. The maximum absolute atomic E-state index is 12.8. The van der Waals surface area contributed by atoms with Crippen LogP contribution in [-0.2, 0) is 30.2 Å². The number of thioether (sulfide) groups is 1. The molecule has 2 amide bonds. The van der Waals surface area contributed by atoms with Gasteiger partial charge >= 0.3 is 204 Å². The van der Waals surface area contributed by atoms with Crippen molar-refractivity contribution in [2.75, 3.05) is 33.0 Å². The Morgan fingerprint density at radius 1 is 1.12 bits per heavy atom. The first-order valence-electron chi connectivity index (χ1n) is 10.6. The second-order valence-corrected chi connectivity index (χ2v) is 12.4. The quantitative estimate of drug-likeness (QED) is 0.0853. The van der Waals surface area contributed by atoms with Gasteiger partial charge in [0.2, 0.25) is 0 Å². The van der Waals surface area contributed by atoms with Gasteiger partial charge < -0.3 is 0 Å². The molecule has 0 saturated carbocycles. The first kappa shape index (κ1) is 25.3. The fourth-order valence-corrected chi connectivity index (χ4v) is 8.56. The number of carbonyl (C=O) groups is 3. The van der Waals surface area contributed by atoms with Crippen LogP contribution >= 0.6 is 11.8 Å². The van der Waals surface area contributed by atoms with Crippen molar-refractivity contribution in [3.05, 3.63) is 35.9 Å². The molecule has 1 aromatic rings. The van der Waals surface area contributed by atoms with Crippen molar-refractivity contribution in [2.45, 2.75) is 47.4 Å². The van der Waals surface area contributed by atoms with E-state index >= 15 is 0 Å². The van der Waals surface area contributed by atoms with Crippen LogP contribution in [0.15, 0.2) is 30.3 Å². The molecular weight excluding hydrogens is 547 g/mol. The third-order valence-corrected chi connectivity index (χ3v) is 10.6. The SMILES string of the molecule is CCOCCOCCOC(=O)[I-]C1N2C(=O)[C@@H](NC(=O)Cc3ccccc3)C2SC1(C)C. The van der Waals surface area contributed by atoms with Crippen molar-refractivity contribution in [3.8, 4) is 0 Å². The van der Waals surface area contributed by atoms with Crippen LogP contribution in [0, 0.1) is 0 Å². The molecule has 10 heteroatoms. The zero-order chi connectivity index (χ0) is 23.1. The molecule has 2 aliphatic rings. The van der Waals surface area contributed by atoms with Crippen molar-refractivity contribution in [1.29, 1.82) is 0 Å². The van der Waals surface area contributed by atoms with Gasteiger partial charge in [-0.3, -0.25) is 0 Å². The van der Waals surface area contributed by atoms with Crippen molar-refractivity contribution in [3.63, 3.8) is 0 Å². The van der Waals surface area contributed by atoms with E-state index in [0.29, 0.717) is 26.4 Å². The number of carbonyl (C=O) groups excluding carboxylic acids is 3. The second-order valence-electron chi connectivity index (χ2n) is 7.91. The molecule has 2 saturated heterocycles. The van der Waals surface area contributed by atoms with Crippen molar-refractivity contribution >= 4 is 27.6 Å². The number of amides is 2. The summed E-state index contributed by atoms with van der Waals surface area (Å²) in [6, 6.07) is 8.90. The van der Waals surface area contributed by atoms with Crippen LogP contribution < -0.4 is 26.5 Å². The summed E-state index contributed by atoms with van der Waals surface area (Å²) in [7, 11) is 0. The third kappa shape index (κ3) is 6.36. The van der Waals surface area contributed by atoms with E-state index in [4.69, 9.17) is 14.2 Å². The average molecular weight is 577 g/mol. The Kier molecular flexibility index (Phi) is 9.21. The molecule has 0 bridgehead atoms. The average Bonchev–Trinajstić information content (AvgIpc) is 2.99. The van der Waals surface area contributed by atoms with E-state index in [2.05, 4.69) is 5.32 Å². The van der Waals surface area contributed by atoms with Gasteiger partial charge in [-0.05, 0) is 0 Å². The van der Waals surface area contributed by atoms with E-state index < -0.39 is 27.2 Å². The molecule has 0 aromatic heterocycles. The number of fused-ring (bicyclic) bond motifs is 1. The molecule has 8 nitrogen and oxygen atoms in total. The molecule has 2 heterocycles. The van der Waals surface area contributed by atoms with E-state index in [1.54, 1.807) is 16.7 Å². The molecule has 2 fully saturated rings. The fourth-order valence-electron chi connectivity index (χ4n) is 3.54. The molecule has 1 aromatic carbocycles. The number of nitrogens with zero attached hydrogens (tertiary/aromatic N) is 1. The Balaban J connectivity index is 1.45. The molecule has 0 aliphatic carbocycles. The van der Waals surface area contributed by atoms with Crippen molar-refractivity contribution in [2.24, 2.45) is 0 Å². The number of hydrogen-bond acceptors (Lipinski definition) is 7. The summed E-state index contributed by atoms with van der Waals surface area (Å²) < 4.78 is 15.2. The van der Waals surface area contributed by atoms with Crippen LogP contribution in [0.4, 0.5) is 4.79 Å². The molecule has 0 spiro atoms. The van der Waals surface area contributed by atoms with Gasteiger partial charge in [0, 0.05) is 0 Å². The number of rotatable bonds is 12. The van der Waals surface area contributed by atoms with Gasteiger partial charge in [0.1, 0.15) is 0 Å². The zero-order valence-corrected chi connectivity index (χ0v) is 21.5. The first-order chi connectivity index (χ1) is 15.3. The van der Waals surface area contributed by atoms with Crippen LogP contribution in [0.5, 0.6) is 0 Å². The summed E-state index contributed by atoms with van der Waals surface area (Å²) >= 11 is 0.581. The zero-order valence-electron chi connectivity index (χ0n) is 18.5. The molecule has 2 aliphatic heterocycles. The van der Waals surface area contributed by atoms with Gasteiger partial charge in [0.05, 0.1) is 0 Å². The maximum atomic E-state index is 12.8. The summed E-state index contributed by atoms with van der Waals surface area (Å²) in [5.41, 5.74) is 0.904. The molecule has 3 rings (SSSR count). The van der Waals surface area contributed by atoms with E-state index in [0.717, 1.165) is 5.56 Å². The molecule has 3 atom stereocenters. The van der Waals surface area contributed by atoms with Gasteiger partial charge in [-0.25, -0.2) is 0 Å². The van der Waals surface area contributed by atoms with Crippen LogP contribution in [0.3, 0.4) is 0 Å². The number of benzene rings is 1. The topological polar surface area (TPSA) is 94.2 Å². The third-order valence-electron chi connectivity index (χ3n) is 5.06. The molecule has 1 N–H and O–H groups in total. The van der Waals surface area contributed by atoms with E-state index in [9.17, 15) is 14.4 Å². The summed E-state index contributed by atoms with van der Waals surface area (Å²) in [6.45, 7) is 8.16. The monoisotopic (exact) mass is 577 g/mol. The fraction of sp³-hybridized carbons (Fsp3) is 0.591. The predicted octanol–water partition coefficient (Wildman–Crippen LogP) is -0.988. The number of nitrogens with one attached hydrogen (secondary N) is 1. The number of hydrogen-bond donors (Lipinski definition) is 1. The van der Waals surface area contributed by atoms with Gasteiger partial charge in [0.25, 0.3) is 0 Å². The summed E-state index contributed by atoms with van der Waals surface area (Å²) in [4.78, 5) is 39.4. The van der Waals surface area contributed by atoms with E-state index in [1.165, 1.54) is 0 Å².